The molecule has 0 saturated carbocycles. The molecule has 1 atom stereocenters. The molecule has 0 radical (unpaired) electrons. The summed E-state index contributed by atoms with van der Waals surface area (Å²) in [5.41, 5.74) is 0.550. The Labute approximate surface area is 106 Å². The fraction of sp³-hybridized carbons (Fsp3) is 0.667. The fourth-order valence-corrected chi connectivity index (χ4v) is 2.71. The van der Waals surface area contributed by atoms with Gasteiger partial charge in [-0.2, -0.15) is 0 Å². The van der Waals surface area contributed by atoms with Crippen LogP contribution in [-0.2, 0) is 0 Å². The topological polar surface area (TPSA) is 54.0 Å². The third-order valence-electron chi connectivity index (χ3n) is 3.09. The molecule has 1 saturated heterocycles. The second-order valence-electron chi connectivity index (χ2n) is 4.51. The van der Waals surface area contributed by atoms with Gasteiger partial charge in [0, 0.05) is 11.9 Å². The molecule has 0 aromatic carbocycles. The van der Waals surface area contributed by atoms with Crippen molar-refractivity contribution in [2.75, 3.05) is 19.6 Å². The lowest BCUT2D eigenvalue weighted by molar-refractivity contribution is 0.0946. The standard InChI is InChI=1S/C12H19N3OS/c1-9-15-11(8-17-9)12(16)14-6-4-10-3-2-5-13-7-10/h8,10,13H,2-7H2,1H3,(H,14,16). The van der Waals surface area contributed by atoms with Crippen LogP contribution in [0, 0.1) is 12.8 Å². The van der Waals surface area contributed by atoms with Crippen molar-refractivity contribution >= 4 is 17.2 Å². The van der Waals surface area contributed by atoms with E-state index in [4.69, 9.17) is 0 Å². The second kappa shape index (κ2) is 6.12. The molecular weight excluding hydrogens is 234 g/mol. The summed E-state index contributed by atoms with van der Waals surface area (Å²) in [5.74, 6) is 0.666. The molecule has 94 valence electrons. The highest BCUT2D eigenvalue weighted by Gasteiger charge is 2.13. The Bertz CT molecular complexity index is 372. The number of aryl methyl sites for hydroxylation is 1. The maximum absolute atomic E-state index is 11.7. The first-order chi connectivity index (χ1) is 8.25. The van der Waals surface area contributed by atoms with Crippen molar-refractivity contribution in [1.29, 1.82) is 0 Å². The summed E-state index contributed by atoms with van der Waals surface area (Å²) in [6.45, 7) is 4.89. The molecule has 0 spiro atoms. The molecule has 1 aliphatic rings. The van der Waals surface area contributed by atoms with E-state index in [0.29, 0.717) is 11.6 Å². The molecule has 17 heavy (non-hydrogen) atoms. The van der Waals surface area contributed by atoms with Crippen molar-refractivity contribution < 1.29 is 4.79 Å². The molecule has 2 rings (SSSR count). The molecule has 1 aromatic heterocycles. The number of nitrogens with one attached hydrogen (secondary N) is 2. The van der Waals surface area contributed by atoms with Gasteiger partial charge in [-0.3, -0.25) is 4.79 Å². The van der Waals surface area contributed by atoms with Gasteiger partial charge in [-0.1, -0.05) is 0 Å². The van der Waals surface area contributed by atoms with Gasteiger partial charge in [0.25, 0.3) is 5.91 Å². The minimum atomic E-state index is -0.0434. The van der Waals surface area contributed by atoms with Crippen molar-refractivity contribution in [3.05, 3.63) is 16.1 Å². The molecule has 1 fully saturated rings. The molecule has 2 N–H and O–H groups in total. The van der Waals surface area contributed by atoms with E-state index in [9.17, 15) is 4.79 Å². The summed E-state index contributed by atoms with van der Waals surface area (Å²) >= 11 is 1.51. The van der Waals surface area contributed by atoms with E-state index in [1.165, 1.54) is 24.2 Å². The molecular formula is C12H19N3OS. The second-order valence-corrected chi connectivity index (χ2v) is 5.57. The van der Waals surface area contributed by atoms with Crippen molar-refractivity contribution in [2.24, 2.45) is 5.92 Å². The molecule has 4 nitrogen and oxygen atoms in total. The zero-order valence-electron chi connectivity index (χ0n) is 10.2. The van der Waals surface area contributed by atoms with Crippen LogP contribution in [0.15, 0.2) is 5.38 Å². The van der Waals surface area contributed by atoms with Crippen LogP contribution < -0.4 is 10.6 Å². The van der Waals surface area contributed by atoms with Gasteiger partial charge >= 0.3 is 0 Å². The van der Waals surface area contributed by atoms with Gasteiger partial charge in [-0.05, 0) is 45.2 Å². The third-order valence-corrected chi connectivity index (χ3v) is 3.86. The molecule has 0 bridgehead atoms. The van der Waals surface area contributed by atoms with Gasteiger partial charge in [0.2, 0.25) is 0 Å². The van der Waals surface area contributed by atoms with Crippen LogP contribution in [0.3, 0.4) is 0 Å². The predicted molar refractivity (Wildman–Crippen MR) is 69.4 cm³/mol. The normalized spacial score (nSPS) is 20.2. The minimum absolute atomic E-state index is 0.0434. The number of hydrogen-bond acceptors (Lipinski definition) is 4. The van der Waals surface area contributed by atoms with E-state index in [0.717, 1.165) is 31.1 Å². The Kier molecular flexibility index (Phi) is 4.50. The van der Waals surface area contributed by atoms with E-state index >= 15 is 0 Å². The lowest BCUT2D eigenvalue weighted by atomic mass is 9.96. The first kappa shape index (κ1) is 12.5. The monoisotopic (exact) mass is 253 g/mol. The Balaban J connectivity index is 1.69. The van der Waals surface area contributed by atoms with Crippen LogP contribution >= 0.6 is 11.3 Å². The SMILES string of the molecule is Cc1nc(C(=O)NCCC2CCCNC2)cs1. The van der Waals surface area contributed by atoms with Crippen LogP contribution in [0.2, 0.25) is 0 Å². The fourth-order valence-electron chi connectivity index (χ4n) is 2.12. The molecule has 1 aromatic rings. The summed E-state index contributed by atoms with van der Waals surface area (Å²) in [6, 6.07) is 0. The highest BCUT2D eigenvalue weighted by atomic mass is 32.1. The number of rotatable bonds is 4. The van der Waals surface area contributed by atoms with Gasteiger partial charge in [0.05, 0.1) is 5.01 Å². The molecule has 1 aliphatic heterocycles. The van der Waals surface area contributed by atoms with Gasteiger partial charge in [-0.15, -0.1) is 11.3 Å². The lowest BCUT2D eigenvalue weighted by Crippen LogP contribution is -2.33. The lowest BCUT2D eigenvalue weighted by Gasteiger charge is -2.22. The molecule has 5 heteroatoms. The molecule has 2 heterocycles. The summed E-state index contributed by atoms with van der Waals surface area (Å²) in [4.78, 5) is 15.9. The first-order valence-corrected chi connectivity index (χ1v) is 7.04. The highest BCUT2D eigenvalue weighted by molar-refractivity contribution is 7.09. The van der Waals surface area contributed by atoms with E-state index < -0.39 is 0 Å². The summed E-state index contributed by atoms with van der Waals surface area (Å²) in [5, 5.41) is 9.07. The van der Waals surface area contributed by atoms with Crippen LogP contribution in [0.4, 0.5) is 0 Å². The van der Waals surface area contributed by atoms with Crippen molar-refractivity contribution in [1.82, 2.24) is 15.6 Å². The Morgan fingerprint density at radius 3 is 3.24 bits per heavy atom. The number of piperidine rings is 1. The van der Waals surface area contributed by atoms with Crippen molar-refractivity contribution in [2.45, 2.75) is 26.2 Å². The highest BCUT2D eigenvalue weighted by Crippen LogP contribution is 2.13. The zero-order chi connectivity index (χ0) is 12.1. The minimum Gasteiger partial charge on any atom is -0.351 e. The Morgan fingerprint density at radius 2 is 2.59 bits per heavy atom. The molecule has 1 unspecified atom stereocenters. The van der Waals surface area contributed by atoms with E-state index in [1.54, 1.807) is 0 Å². The van der Waals surface area contributed by atoms with Crippen molar-refractivity contribution in [3.8, 4) is 0 Å². The Morgan fingerprint density at radius 1 is 1.71 bits per heavy atom. The largest absolute Gasteiger partial charge is 0.351 e. The number of nitrogens with zero attached hydrogens (tertiary/aromatic N) is 1. The number of aromatic nitrogens is 1. The number of carbonyl (C=O) groups excluding carboxylic acids is 1. The average Bonchev–Trinajstić information content (AvgIpc) is 2.77. The summed E-state index contributed by atoms with van der Waals surface area (Å²) in [7, 11) is 0. The van der Waals surface area contributed by atoms with Gasteiger partial charge in [-0.25, -0.2) is 4.98 Å². The quantitative estimate of drug-likeness (QED) is 0.856. The maximum Gasteiger partial charge on any atom is 0.270 e. The number of amides is 1. The number of thiazole rings is 1. The first-order valence-electron chi connectivity index (χ1n) is 6.17. The predicted octanol–water partition coefficient (Wildman–Crippen LogP) is 1.57. The van der Waals surface area contributed by atoms with Crippen LogP contribution in [0.1, 0.15) is 34.8 Å². The van der Waals surface area contributed by atoms with Gasteiger partial charge in [0.1, 0.15) is 5.69 Å². The van der Waals surface area contributed by atoms with E-state index in [-0.39, 0.29) is 5.91 Å². The van der Waals surface area contributed by atoms with E-state index in [1.807, 2.05) is 12.3 Å². The van der Waals surface area contributed by atoms with Crippen LogP contribution in [-0.4, -0.2) is 30.5 Å². The van der Waals surface area contributed by atoms with Gasteiger partial charge < -0.3 is 10.6 Å². The maximum atomic E-state index is 11.7. The average molecular weight is 253 g/mol. The smallest absolute Gasteiger partial charge is 0.270 e. The summed E-state index contributed by atoms with van der Waals surface area (Å²) in [6.07, 6.45) is 3.59. The third kappa shape index (κ3) is 3.78. The summed E-state index contributed by atoms with van der Waals surface area (Å²) < 4.78 is 0. The zero-order valence-corrected chi connectivity index (χ0v) is 11.0. The Hall–Kier alpha value is -0.940. The van der Waals surface area contributed by atoms with Crippen LogP contribution in [0.5, 0.6) is 0 Å². The molecule has 1 amide bonds. The molecule has 0 aliphatic carbocycles. The van der Waals surface area contributed by atoms with Crippen LogP contribution in [0.25, 0.3) is 0 Å². The van der Waals surface area contributed by atoms with Gasteiger partial charge in [0.15, 0.2) is 0 Å². The number of carbonyl (C=O) groups is 1. The number of hydrogen-bond donors (Lipinski definition) is 2. The van der Waals surface area contributed by atoms with E-state index in [2.05, 4.69) is 15.6 Å². The van der Waals surface area contributed by atoms with Crippen molar-refractivity contribution in [3.63, 3.8) is 0 Å².